The minimum Gasteiger partial charge on any atom is -0.478 e. The standard InChI is InChI=1S/C14H8INO2S/c15-10-3-6-13(12(7-10)14(17)18)19-11-4-1-9(8-16)2-5-11/h1-7H,(H,17,18). The van der Waals surface area contributed by atoms with Crippen molar-refractivity contribution in [3.8, 4) is 6.07 Å². The first-order valence-electron chi connectivity index (χ1n) is 5.31. The van der Waals surface area contributed by atoms with Crippen molar-refractivity contribution in [2.24, 2.45) is 0 Å². The van der Waals surface area contributed by atoms with Gasteiger partial charge in [0.15, 0.2) is 0 Å². The highest BCUT2D eigenvalue weighted by molar-refractivity contribution is 14.1. The molecule has 0 saturated carbocycles. The van der Waals surface area contributed by atoms with E-state index in [0.717, 1.165) is 8.47 Å². The molecule has 0 aliphatic heterocycles. The summed E-state index contributed by atoms with van der Waals surface area (Å²) in [7, 11) is 0. The molecule has 0 heterocycles. The predicted octanol–water partition coefficient (Wildman–Crippen LogP) is 4.01. The molecule has 0 amide bonds. The Labute approximate surface area is 128 Å². The van der Waals surface area contributed by atoms with Crippen molar-refractivity contribution >= 4 is 40.3 Å². The van der Waals surface area contributed by atoms with Crippen LogP contribution in [0, 0.1) is 14.9 Å². The summed E-state index contributed by atoms with van der Waals surface area (Å²) in [5.41, 5.74) is 0.881. The highest BCUT2D eigenvalue weighted by Gasteiger charge is 2.11. The molecule has 0 radical (unpaired) electrons. The Balaban J connectivity index is 2.32. The van der Waals surface area contributed by atoms with Crippen LogP contribution in [0.15, 0.2) is 52.3 Å². The van der Waals surface area contributed by atoms with Crippen LogP contribution in [-0.4, -0.2) is 11.1 Å². The number of benzene rings is 2. The van der Waals surface area contributed by atoms with Gasteiger partial charge in [0.1, 0.15) is 0 Å². The SMILES string of the molecule is N#Cc1ccc(Sc2ccc(I)cc2C(=O)O)cc1. The van der Waals surface area contributed by atoms with Crippen molar-refractivity contribution in [2.75, 3.05) is 0 Å². The van der Waals surface area contributed by atoms with Crippen LogP contribution in [0.25, 0.3) is 0 Å². The Morgan fingerprint density at radius 3 is 2.47 bits per heavy atom. The van der Waals surface area contributed by atoms with E-state index in [2.05, 4.69) is 28.7 Å². The van der Waals surface area contributed by atoms with E-state index in [1.165, 1.54) is 11.8 Å². The van der Waals surface area contributed by atoms with E-state index in [0.29, 0.717) is 16.0 Å². The molecule has 0 fully saturated rings. The summed E-state index contributed by atoms with van der Waals surface area (Å²) >= 11 is 3.46. The first-order valence-corrected chi connectivity index (χ1v) is 7.20. The number of carboxylic acid groups (broad SMARTS) is 1. The molecule has 0 aliphatic rings. The highest BCUT2D eigenvalue weighted by Crippen LogP contribution is 2.31. The third-order valence-electron chi connectivity index (χ3n) is 2.38. The molecule has 0 atom stereocenters. The van der Waals surface area contributed by atoms with Crippen molar-refractivity contribution in [3.63, 3.8) is 0 Å². The average molecular weight is 381 g/mol. The second-order valence-electron chi connectivity index (χ2n) is 3.68. The lowest BCUT2D eigenvalue weighted by Gasteiger charge is -2.06. The summed E-state index contributed by atoms with van der Waals surface area (Å²) in [5, 5.41) is 17.9. The monoisotopic (exact) mass is 381 g/mol. The van der Waals surface area contributed by atoms with E-state index < -0.39 is 5.97 Å². The second kappa shape index (κ2) is 6.08. The number of hydrogen-bond donors (Lipinski definition) is 1. The molecular weight excluding hydrogens is 373 g/mol. The van der Waals surface area contributed by atoms with Crippen molar-refractivity contribution in [1.29, 1.82) is 5.26 Å². The third kappa shape index (κ3) is 3.49. The molecule has 0 aliphatic carbocycles. The second-order valence-corrected chi connectivity index (χ2v) is 6.04. The molecule has 0 spiro atoms. The van der Waals surface area contributed by atoms with Crippen molar-refractivity contribution in [2.45, 2.75) is 9.79 Å². The molecule has 1 N–H and O–H groups in total. The number of carboxylic acids is 1. The van der Waals surface area contributed by atoms with Gasteiger partial charge in [0, 0.05) is 13.4 Å². The summed E-state index contributed by atoms with van der Waals surface area (Å²) in [6.45, 7) is 0. The van der Waals surface area contributed by atoms with E-state index in [4.69, 9.17) is 5.26 Å². The minimum atomic E-state index is -0.935. The summed E-state index contributed by atoms with van der Waals surface area (Å²) in [6, 6.07) is 14.4. The molecule has 0 unspecified atom stereocenters. The van der Waals surface area contributed by atoms with Gasteiger partial charge in [-0.25, -0.2) is 4.79 Å². The Kier molecular flexibility index (Phi) is 4.45. The summed E-state index contributed by atoms with van der Waals surface area (Å²) in [4.78, 5) is 12.8. The van der Waals surface area contributed by atoms with Crippen LogP contribution < -0.4 is 0 Å². The van der Waals surface area contributed by atoms with Crippen molar-refractivity contribution in [3.05, 3.63) is 57.2 Å². The summed E-state index contributed by atoms with van der Waals surface area (Å²) < 4.78 is 0.888. The smallest absolute Gasteiger partial charge is 0.336 e. The molecule has 0 bridgehead atoms. The largest absolute Gasteiger partial charge is 0.478 e. The number of nitriles is 1. The highest BCUT2D eigenvalue weighted by atomic mass is 127. The molecule has 0 saturated heterocycles. The number of nitrogens with zero attached hydrogens (tertiary/aromatic N) is 1. The van der Waals surface area contributed by atoms with Crippen LogP contribution in [0.1, 0.15) is 15.9 Å². The first-order chi connectivity index (χ1) is 9.10. The van der Waals surface area contributed by atoms with Gasteiger partial charge in [-0.2, -0.15) is 5.26 Å². The van der Waals surface area contributed by atoms with Crippen LogP contribution in [-0.2, 0) is 0 Å². The van der Waals surface area contributed by atoms with Crippen molar-refractivity contribution in [1.82, 2.24) is 0 Å². The molecule has 3 nitrogen and oxygen atoms in total. The zero-order valence-corrected chi connectivity index (χ0v) is 12.6. The molecule has 0 aromatic heterocycles. The van der Waals surface area contributed by atoms with Gasteiger partial charge in [-0.15, -0.1) is 0 Å². The van der Waals surface area contributed by atoms with Gasteiger partial charge < -0.3 is 5.11 Å². The Hall–Kier alpha value is -1.52. The molecule has 2 rings (SSSR count). The van der Waals surface area contributed by atoms with Gasteiger partial charge in [-0.05, 0) is 65.1 Å². The topological polar surface area (TPSA) is 61.1 Å². The lowest BCUT2D eigenvalue weighted by Crippen LogP contribution is -1.99. The van der Waals surface area contributed by atoms with Gasteiger partial charge >= 0.3 is 5.97 Å². The number of hydrogen-bond acceptors (Lipinski definition) is 3. The fraction of sp³-hybridized carbons (Fsp3) is 0. The molecule has 5 heteroatoms. The van der Waals surface area contributed by atoms with Gasteiger partial charge in [0.05, 0.1) is 17.2 Å². The Morgan fingerprint density at radius 1 is 1.21 bits per heavy atom. The first kappa shape index (κ1) is 13.9. The number of aromatic carboxylic acids is 1. The van der Waals surface area contributed by atoms with Gasteiger partial charge in [-0.3, -0.25) is 0 Å². The minimum absolute atomic E-state index is 0.293. The van der Waals surface area contributed by atoms with Crippen LogP contribution >= 0.6 is 34.4 Å². The number of halogens is 1. The molecule has 19 heavy (non-hydrogen) atoms. The van der Waals surface area contributed by atoms with Gasteiger partial charge in [0.2, 0.25) is 0 Å². The molecular formula is C14H8INO2S. The zero-order chi connectivity index (χ0) is 13.8. The van der Waals surface area contributed by atoms with E-state index in [-0.39, 0.29) is 0 Å². The van der Waals surface area contributed by atoms with E-state index in [1.54, 1.807) is 24.3 Å². The van der Waals surface area contributed by atoms with E-state index in [9.17, 15) is 9.90 Å². The quantitative estimate of drug-likeness (QED) is 0.817. The fourth-order valence-corrected chi connectivity index (χ4v) is 2.89. The predicted molar refractivity (Wildman–Crippen MR) is 81.4 cm³/mol. The summed E-state index contributed by atoms with van der Waals surface area (Å²) in [6.07, 6.45) is 0. The van der Waals surface area contributed by atoms with E-state index in [1.807, 2.05) is 18.2 Å². The van der Waals surface area contributed by atoms with Crippen LogP contribution in [0.4, 0.5) is 0 Å². The lowest BCUT2D eigenvalue weighted by atomic mass is 10.2. The average Bonchev–Trinajstić information content (AvgIpc) is 2.41. The van der Waals surface area contributed by atoms with Crippen molar-refractivity contribution < 1.29 is 9.90 Å². The van der Waals surface area contributed by atoms with Gasteiger partial charge in [-0.1, -0.05) is 11.8 Å². The maximum absolute atomic E-state index is 11.2. The van der Waals surface area contributed by atoms with Gasteiger partial charge in [0.25, 0.3) is 0 Å². The molecule has 94 valence electrons. The van der Waals surface area contributed by atoms with Crippen LogP contribution in [0.2, 0.25) is 0 Å². The molecule has 2 aromatic rings. The Bertz CT molecular complexity index is 662. The number of carbonyl (C=O) groups is 1. The number of rotatable bonds is 3. The maximum atomic E-state index is 11.2. The normalized spacial score (nSPS) is 9.89. The van der Waals surface area contributed by atoms with E-state index >= 15 is 0 Å². The third-order valence-corrected chi connectivity index (χ3v) is 4.14. The molecule has 2 aromatic carbocycles. The fourth-order valence-electron chi connectivity index (χ4n) is 1.48. The maximum Gasteiger partial charge on any atom is 0.336 e. The lowest BCUT2D eigenvalue weighted by molar-refractivity contribution is 0.0693. The zero-order valence-electron chi connectivity index (χ0n) is 9.63. The van der Waals surface area contributed by atoms with Crippen LogP contribution in [0.5, 0.6) is 0 Å². The Morgan fingerprint density at radius 2 is 1.89 bits per heavy atom. The summed E-state index contributed by atoms with van der Waals surface area (Å²) in [5.74, 6) is -0.935. The van der Waals surface area contributed by atoms with Crippen LogP contribution in [0.3, 0.4) is 0 Å².